The molecular weight excluding hydrogens is 151 g/mol. The van der Waals surface area contributed by atoms with Crippen LogP contribution in [0.3, 0.4) is 0 Å². The van der Waals surface area contributed by atoms with Gasteiger partial charge < -0.3 is 10.3 Å². The van der Waals surface area contributed by atoms with Crippen LogP contribution in [-0.2, 0) is 6.42 Å². The molecule has 60 valence electrons. The van der Waals surface area contributed by atoms with Gasteiger partial charge in [-0.3, -0.25) is 9.18 Å². The molecule has 1 aromatic heterocycles. The quantitative estimate of drug-likeness (QED) is 0.687. The highest BCUT2D eigenvalue weighted by Crippen LogP contribution is 2.06. The van der Waals surface area contributed by atoms with E-state index in [-0.39, 0.29) is 17.7 Å². The maximum atomic E-state index is 11.8. The summed E-state index contributed by atoms with van der Waals surface area (Å²) in [6.07, 6.45) is 1.18. The molecule has 0 aliphatic rings. The Labute approximate surface area is 62.2 Å². The molecule has 0 atom stereocenters. The van der Waals surface area contributed by atoms with Gasteiger partial charge in [0, 0.05) is 6.42 Å². The van der Waals surface area contributed by atoms with Crippen LogP contribution < -0.4 is 5.73 Å². The number of aromatic nitrogens is 1. The van der Waals surface area contributed by atoms with Crippen LogP contribution in [0.15, 0.2) is 10.8 Å². The molecule has 1 rings (SSSR count). The molecule has 0 unspecified atom stereocenters. The van der Waals surface area contributed by atoms with Crippen molar-refractivity contribution in [2.45, 2.75) is 6.42 Å². The molecule has 1 heterocycles. The lowest BCUT2D eigenvalue weighted by atomic mass is 10.2. The van der Waals surface area contributed by atoms with Crippen molar-refractivity contribution in [2.24, 2.45) is 5.73 Å². The lowest BCUT2D eigenvalue weighted by Crippen LogP contribution is -2.12. The van der Waals surface area contributed by atoms with Gasteiger partial charge in [0.1, 0.15) is 11.8 Å². The number of carbonyl (C=O) groups is 1. The summed E-state index contributed by atoms with van der Waals surface area (Å²) >= 11 is 0. The van der Waals surface area contributed by atoms with E-state index >= 15 is 0 Å². The van der Waals surface area contributed by atoms with Crippen molar-refractivity contribution in [3.05, 3.63) is 17.5 Å². The normalized spacial score (nSPS) is 9.91. The van der Waals surface area contributed by atoms with Crippen LogP contribution in [0.2, 0.25) is 0 Å². The Hall–Kier alpha value is -1.39. The van der Waals surface area contributed by atoms with Gasteiger partial charge in [-0.25, -0.2) is 0 Å². The van der Waals surface area contributed by atoms with Crippen molar-refractivity contribution in [3.63, 3.8) is 0 Å². The number of hydrogen-bond acceptors (Lipinski definition) is 3. The zero-order valence-electron chi connectivity index (χ0n) is 5.71. The van der Waals surface area contributed by atoms with Gasteiger partial charge in [0.25, 0.3) is 5.91 Å². The number of nitrogens with zero attached hydrogens (tertiary/aromatic N) is 1. The third-order valence-electron chi connectivity index (χ3n) is 1.24. The number of aryl methyl sites for hydroxylation is 1. The summed E-state index contributed by atoms with van der Waals surface area (Å²) in [7, 11) is 0. The maximum absolute atomic E-state index is 11.8. The molecule has 11 heavy (non-hydrogen) atoms. The van der Waals surface area contributed by atoms with Crippen molar-refractivity contribution in [1.29, 1.82) is 0 Å². The first-order valence-electron chi connectivity index (χ1n) is 3.04. The average Bonchev–Trinajstić information content (AvgIpc) is 2.36. The van der Waals surface area contributed by atoms with Crippen LogP contribution in [0.5, 0.6) is 0 Å². The van der Waals surface area contributed by atoms with Gasteiger partial charge in [-0.15, -0.1) is 0 Å². The average molecular weight is 158 g/mol. The summed E-state index contributed by atoms with van der Waals surface area (Å²) in [6, 6.07) is 0. The number of primary amides is 1. The number of rotatable bonds is 3. The third kappa shape index (κ3) is 1.54. The minimum Gasteiger partial charge on any atom is -0.365 e. The molecule has 0 aliphatic carbocycles. The number of nitrogens with two attached hydrogens (primary N) is 1. The molecule has 0 aliphatic heterocycles. The van der Waals surface area contributed by atoms with Gasteiger partial charge in [-0.1, -0.05) is 5.16 Å². The molecule has 0 radical (unpaired) electrons. The highest BCUT2D eigenvalue weighted by molar-refractivity contribution is 5.93. The van der Waals surface area contributed by atoms with E-state index in [9.17, 15) is 9.18 Å². The van der Waals surface area contributed by atoms with Crippen molar-refractivity contribution in [2.75, 3.05) is 6.67 Å². The van der Waals surface area contributed by atoms with Crippen molar-refractivity contribution < 1.29 is 13.7 Å². The first-order chi connectivity index (χ1) is 5.25. The van der Waals surface area contributed by atoms with E-state index in [1.807, 2.05) is 0 Å². The molecule has 0 bridgehead atoms. The standard InChI is InChI=1S/C6H7FN2O2/c7-2-1-5-4(6(8)10)3-11-9-5/h3H,1-2H2,(H2,8,10). The molecule has 1 amide bonds. The van der Waals surface area contributed by atoms with E-state index in [1.165, 1.54) is 0 Å². The summed E-state index contributed by atoms with van der Waals surface area (Å²) < 4.78 is 16.2. The van der Waals surface area contributed by atoms with Gasteiger partial charge in [0.15, 0.2) is 0 Å². The fourth-order valence-corrected chi connectivity index (χ4v) is 0.730. The van der Waals surface area contributed by atoms with E-state index in [4.69, 9.17) is 5.73 Å². The smallest absolute Gasteiger partial charge is 0.253 e. The Bertz CT molecular complexity index is 259. The van der Waals surface area contributed by atoms with Crippen LogP contribution in [0.1, 0.15) is 16.1 Å². The third-order valence-corrected chi connectivity index (χ3v) is 1.24. The summed E-state index contributed by atoms with van der Waals surface area (Å²) in [5.41, 5.74) is 5.36. The molecule has 1 aromatic rings. The molecular formula is C6H7FN2O2. The topological polar surface area (TPSA) is 69.1 Å². The molecule has 2 N–H and O–H groups in total. The first kappa shape index (κ1) is 7.71. The van der Waals surface area contributed by atoms with Gasteiger partial charge in [-0.05, 0) is 0 Å². The second kappa shape index (κ2) is 3.14. The maximum Gasteiger partial charge on any atom is 0.253 e. The fourth-order valence-electron chi connectivity index (χ4n) is 0.730. The van der Waals surface area contributed by atoms with Crippen molar-refractivity contribution in [3.8, 4) is 0 Å². The summed E-state index contributed by atoms with van der Waals surface area (Å²) in [4.78, 5) is 10.6. The lowest BCUT2D eigenvalue weighted by Gasteiger charge is -1.90. The van der Waals surface area contributed by atoms with E-state index in [0.29, 0.717) is 0 Å². The molecule has 0 saturated carbocycles. The van der Waals surface area contributed by atoms with Gasteiger partial charge in [0.05, 0.1) is 12.4 Å². The van der Waals surface area contributed by atoms with Gasteiger partial charge >= 0.3 is 0 Å². The molecule has 0 fully saturated rings. The Balaban J connectivity index is 2.87. The summed E-state index contributed by atoms with van der Waals surface area (Å²) in [5, 5.41) is 3.41. The van der Waals surface area contributed by atoms with Crippen LogP contribution in [0.4, 0.5) is 4.39 Å². The highest BCUT2D eigenvalue weighted by Gasteiger charge is 2.11. The Kier molecular flexibility index (Phi) is 2.20. The molecule has 0 spiro atoms. The molecule has 0 saturated heterocycles. The second-order valence-corrected chi connectivity index (χ2v) is 1.98. The predicted molar refractivity (Wildman–Crippen MR) is 34.7 cm³/mol. The second-order valence-electron chi connectivity index (χ2n) is 1.98. The summed E-state index contributed by atoms with van der Waals surface area (Å²) in [6.45, 7) is -0.577. The Morgan fingerprint density at radius 3 is 3.09 bits per heavy atom. The zero-order valence-corrected chi connectivity index (χ0v) is 5.71. The van der Waals surface area contributed by atoms with Gasteiger partial charge in [-0.2, -0.15) is 0 Å². The van der Waals surface area contributed by atoms with E-state index in [2.05, 4.69) is 9.68 Å². The van der Waals surface area contributed by atoms with Crippen LogP contribution in [-0.4, -0.2) is 17.7 Å². The largest absolute Gasteiger partial charge is 0.365 e. The number of amides is 1. The Morgan fingerprint density at radius 2 is 2.55 bits per heavy atom. The number of carbonyl (C=O) groups excluding carboxylic acids is 1. The zero-order chi connectivity index (χ0) is 8.27. The summed E-state index contributed by atoms with van der Waals surface area (Å²) in [5.74, 6) is -0.644. The first-order valence-corrected chi connectivity index (χ1v) is 3.04. The van der Waals surface area contributed by atoms with Crippen LogP contribution in [0.25, 0.3) is 0 Å². The SMILES string of the molecule is NC(=O)c1conc1CCF. The van der Waals surface area contributed by atoms with E-state index < -0.39 is 12.6 Å². The van der Waals surface area contributed by atoms with Crippen LogP contribution in [0, 0.1) is 0 Å². The van der Waals surface area contributed by atoms with Crippen molar-refractivity contribution >= 4 is 5.91 Å². The fraction of sp³-hybridized carbons (Fsp3) is 0.333. The predicted octanol–water partition coefficient (Wildman–Crippen LogP) is 0.286. The van der Waals surface area contributed by atoms with E-state index in [1.54, 1.807) is 0 Å². The number of alkyl halides is 1. The molecule has 0 aromatic carbocycles. The highest BCUT2D eigenvalue weighted by atomic mass is 19.1. The molecule has 5 heteroatoms. The lowest BCUT2D eigenvalue weighted by molar-refractivity contribution is 0.0999. The monoisotopic (exact) mass is 158 g/mol. The van der Waals surface area contributed by atoms with Crippen LogP contribution >= 0.6 is 0 Å². The molecule has 4 nitrogen and oxygen atoms in total. The minimum absolute atomic E-state index is 0.0643. The Morgan fingerprint density at radius 1 is 1.82 bits per heavy atom. The van der Waals surface area contributed by atoms with E-state index in [0.717, 1.165) is 6.26 Å². The van der Waals surface area contributed by atoms with Crippen molar-refractivity contribution in [1.82, 2.24) is 5.16 Å². The number of halogens is 1. The minimum atomic E-state index is -0.644. The van der Waals surface area contributed by atoms with Gasteiger partial charge in [0.2, 0.25) is 0 Å². The number of hydrogen-bond donors (Lipinski definition) is 1.